The Morgan fingerprint density at radius 2 is 1.94 bits per heavy atom. The van der Waals surface area contributed by atoms with Gasteiger partial charge < -0.3 is 15.1 Å². The summed E-state index contributed by atoms with van der Waals surface area (Å²) in [5, 5.41) is 4.41. The van der Waals surface area contributed by atoms with Crippen LogP contribution in [0.2, 0.25) is 0 Å². The molecule has 0 aliphatic carbocycles. The molecule has 1 aromatic carbocycles. The molecule has 0 bridgehead atoms. The molecule has 4 amide bonds. The van der Waals surface area contributed by atoms with Crippen LogP contribution in [0.15, 0.2) is 36.5 Å². The summed E-state index contributed by atoms with van der Waals surface area (Å²) in [6.45, 7) is 6.80. The van der Waals surface area contributed by atoms with Gasteiger partial charge in [0, 0.05) is 37.4 Å². The number of carbonyl (C=O) groups is 3. The van der Waals surface area contributed by atoms with E-state index in [-0.39, 0.29) is 11.9 Å². The lowest BCUT2D eigenvalue weighted by Crippen LogP contribution is -2.54. The number of imide groups is 1. The van der Waals surface area contributed by atoms with Gasteiger partial charge in [-0.05, 0) is 49.6 Å². The lowest BCUT2D eigenvalue weighted by molar-refractivity contribution is -0.124. The molecule has 0 spiro atoms. The fourth-order valence-corrected chi connectivity index (χ4v) is 4.41. The van der Waals surface area contributed by atoms with Crippen LogP contribution in [0.1, 0.15) is 34.0 Å². The summed E-state index contributed by atoms with van der Waals surface area (Å²) in [7, 11) is 0. The van der Waals surface area contributed by atoms with Gasteiger partial charge in [-0.25, -0.2) is 14.2 Å². The van der Waals surface area contributed by atoms with Gasteiger partial charge in [0.25, 0.3) is 11.8 Å². The van der Waals surface area contributed by atoms with Crippen molar-refractivity contribution in [1.29, 1.82) is 0 Å². The van der Waals surface area contributed by atoms with E-state index in [0.29, 0.717) is 30.8 Å². The predicted molar refractivity (Wildman–Crippen MR) is 117 cm³/mol. The zero-order valence-corrected chi connectivity index (χ0v) is 18.3. The van der Waals surface area contributed by atoms with Gasteiger partial charge >= 0.3 is 6.03 Å². The van der Waals surface area contributed by atoms with Gasteiger partial charge in [0.1, 0.15) is 12.5 Å². The summed E-state index contributed by atoms with van der Waals surface area (Å²) in [5.74, 6) is 0.0628. The van der Waals surface area contributed by atoms with Gasteiger partial charge in [0.05, 0.1) is 0 Å². The molecule has 0 radical (unpaired) electrons. The molecule has 168 valence electrons. The van der Waals surface area contributed by atoms with E-state index in [0.717, 1.165) is 16.9 Å². The van der Waals surface area contributed by atoms with Crippen molar-refractivity contribution in [2.75, 3.05) is 31.2 Å². The number of benzene rings is 1. The fraction of sp³-hybridized carbons (Fsp3) is 0.391. The molecule has 2 fully saturated rings. The number of carbonyl (C=O) groups excluding carboxylic acids is 3. The predicted octanol–water partition coefficient (Wildman–Crippen LogP) is 2.05. The topological polar surface area (TPSA) is 94.6 Å². The van der Waals surface area contributed by atoms with E-state index in [9.17, 15) is 18.8 Å². The quantitative estimate of drug-likeness (QED) is 0.711. The Morgan fingerprint density at radius 1 is 1.22 bits per heavy atom. The highest BCUT2D eigenvalue weighted by atomic mass is 19.1. The molecule has 2 aromatic rings. The van der Waals surface area contributed by atoms with E-state index < -0.39 is 24.2 Å². The highest BCUT2D eigenvalue weighted by molar-refractivity contribution is 6.07. The van der Waals surface area contributed by atoms with Crippen molar-refractivity contribution in [3.63, 3.8) is 0 Å². The average molecular weight is 439 g/mol. The number of aryl methyl sites for hydroxylation is 2. The minimum atomic E-state index is -1.75. The SMILES string of the molecule is Cc1cnc(N2CCN(C(=O)c3ccc(C4(CF)NC(=O)NC4=O)cc3)C[C@@H]2C)c(C)c1. The average Bonchev–Trinajstić information content (AvgIpc) is 3.08. The fourth-order valence-electron chi connectivity index (χ4n) is 4.41. The van der Waals surface area contributed by atoms with Crippen LogP contribution in [0, 0.1) is 13.8 Å². The van der Waals surface area contributed by atoms with Crippen LogP contribution in [0.4, 0.5) is 15.0 Å². The number of urea groups is 1. The molecule has 2 saturated heterocycles. The third kappa shape index (κ3) is 3.68. The molecular formula is C23H26FN5O3. The molecular weight excluding hydrogens is 413 g/mol. The molecule has 4 rings (SSSR count). The van der Waals surface area contributed by atoms with Crippen molar-refractivity contribution < 1.29 is 18.8 Å². The van der Waals surface area contributed by atoms with E-state index in [1.807, 2.05) is 20.0 Å². The Morgan fingerprint density at radius 3 is 2.50 bits per heavy atom. The minimum absolute atomic E-state index is 0.0908. The first-order valence-electron chi connectivity index (χ1n) is 10.5. The number of piperazine rings is 1. The maximum atomic E-state index is 13.7. The number of amides is 4. The summed E-state index contributed by atoms with van der Waals surface area (Å²) in [6, 6.07) is 7.61. The van der Waals surface area contributed by atoms with E-state index in [2.05, 4.69) is 33.5 Å². The molecule has 2 N–H and O–H groups in total. The summed E-state index contributed by atoms with van der Waals surface area (Å²) in [6.07, 6.45) is 1.85. The van der Waals surface area contributed by atoms with E-state index in [4.69, 9.17) is 0 Å². The number of nitrogens with zero attached hydrogens (tertiary/aromatic N) is 3. The zero-order chi connectivity index (χ0) is 23.0. The number of hydrogen-bond donors (Lipinski definition) is 2. The maximum absolute atomic E-state index is 13.7. The highest BCUT2D eigenvalue weighted by Gasteiger charge is 2.48. The Labute approximate surface area is 185 Å². The normalized spacial score (nSPS) is 23.2. The summed E-state index contributed by atoms with van der Waals surface area (Å²) in [4.78, 5) is 45.3. The molecule has 8 nitrogen and oxygen atoms in total. The number of anilines is 1. The van der Waals surface area contributed by atoms with E-state index in [1.54, 1.807) is 17.0 Å². The molecule has 2 aliphatic heterocycles. The minimum Gasteiger partial charge on any atom is -0.350 e. The number of aromatic nitrogens is 1. The van der Waals surface area contributed by atoms with Gasteiger partial charge in [-0.2, -0.15) is 0 Å². The lowest BCUT2D eigenvalue weighted by atomic mass is 9.90. The number of rotatable bonds is 4. The first-order chi connectivity index (χ1) is 15.2. The molecule has 1 aromatic heterocycles. The van der Waals surface area contributed by atoms with Crippen LogP contribution in [0.5, 0.6) is 0 Å². The van der Waals surface area contributed by atoms with E-state index in [1.165, 1.54) is 12.1 Å². The standard InChI is InChI=1S/C23H26FN5O3/c1-14-10-15(2)19(25-11-14)29-9-8-28(12-16(29)3)20(30)17-4-6-18(7-5-17)23(13-24)21(31)26-22(32)27-23/h4-7,10-11,16H,8-9,12-13H2,1-3H3,(H2,26,27,31,32)/t16-,23?/m0/s1. The molecule has 32 heavy (non-hydrogen) atoms. The van der Waals surface area contributed by atoms with Crippen molar-refractivity contribution >= 4 is 23.7 Å². The second-order valence-corrected chi connectivity index (χ2v) is 8.47. The van der Waals surface area contributed by atoms with Crippen molar-refractivity contribution in [1.82, 2.24) is 20.5 Å². The van der Waals surface area contributed by atoms with Gasteiger partial charge in [-0.1, -0.05) is 18.2 Å². The number of alkyl halides is 1. The summed E-state index contributed by atoms with van der Waals surface area (Å²) < 4.78 is 13.7. The monoisotopic (exact) mass is 439 g/mol. The van der Waals surface area contributed by atoms with Crippen molar-refractivity contribution in [2.24, 2.45) is 0 Å². The maximum Gasteiger partial charge on any atom is 0.322 e. The highest BCUT2D eigenvalue weighted by Crippen LogP contribution is 2.27. The Kier molecular flexibility index (Phi) is 5.58. The van der Waals surface area contributed by atoms with Crippen LogP contribution in [0.3, 0.4) is 0 Å². The molecule has 0 saturated carbocycles. The molecule has 9 heteroatoms. The van der Waals surface area contributed by atoms with E-state index >= 15 is 0 Å². The van der Waals surface area contributed by atoms with Crippen molar-refractivity contribution in [2.45, 2.75) is 32.4 Å². The zero-order valence-electron chi connectivity index (χ0n) is 18.3. The van der Waals surface area contributed by atoms with Gasteiger partial charge in [-0.3, -0.25) is 14.9 Å². The van der Waals surface area contributed by atoms with Crippen LogP contribution in [0.25, 0.3) is 0 Å². The number of halogens is 1. The smallest absolute Gasteiger partial charge is 0.322 e. The third-order valence-electron chi connectivity index (χ3n) is 6.14. The summed E-state index contributed by atoms with van der Waals surface area (Å²) >= 11 is 0. The first-order valence-corrected chi connectivity index (χ1v) is 10.5. The number of pyridine rings is 1. The number of hydrogen-bond acceptors (Lipinski definition) is 5. The van der Waals surface area contributed by atoms with Crippen LogP contribution < -0.4 is 15.5 Å². The van der Waals surface area contributed by atoms with Crippen molar-refractivity contribution in [3.05, 3.63) is 58.8 Å². The van der Waals surface area contributed by atoms with Gasteiger partial charge in [0.2, 0.25) is 0 Å². The Bertz CT molecular complexity index is 1070. The Hall–Kier alpha value is -3.49. The second-order valence-electron chi connectivity index (χ2n) is 8.47. The van der Waals surface area contributed by atoms with Gasteiger partial charge in [0.15, 0.2) is 5.54 Å². The largest absolute Gasteiger partial charge is 0.350 e. The van der Waals surface area contributed by atoms with Crippen molar-refractivity contribution in [3.8, 4) is 0 Å². The van der Waals surface area contributed by atoms with Crippen LogP contribution >= 0.6 is 0 Å². The molecule has 3 heterocycles. The summed E-state index contributed by atoms with van der Waals surface area (Å²) in [5.41, 5.74) is 1.20. The number of nitrogens with one attached hydrogen (secondary N) is 2. The Balaban J connectivity index is 1.47. The molecule has 1 unspecified atom stereocenters. The second kappa shape index (κ2) is 8.22. The molecule has 2 atom stereocenters. The lowest BCUT2D eigenvalue weighted by Gasteiger charge is -2.41. The molecule has 2 aliphatic rings. The first kappa shape index (κ1) is 21.7. The van der Waals surface area contributed by atoms with Gasteiger partial charge in [-0.15, -0.1) is 0 Å². The van der Waals surface area contributed by atoms with Crippen LogP contribution in [-0.4, -0.2) is 60.1 Å². The third-order valence-corrected chi connectivity index (χ3v) is 6.14. The van der Waals surface area contributed by atoms with Crippen LogP contribution in [-0.2, 0) is 10.3 Å².